The Balaban J connectivity index is 2.38. The minimum Gasteiger partial charge on any atom is -0.497 e. The number of nitrogens with two attached hydrogens (primary N) is 2. The lowest BCUT2D eigenvalue weighted by Crippen LogP contribution is -2.11. The van der Waals surface area contributed by atoms with Crippen LogP contribution in [0.2, 0.25) is 0 Å². The average Bonchev–Trinajstić information content (AvgIpc) is 2.43. The zero-order chi connectivity index (χ0) is 14.7. The highest BCUT2D eigenvalue weighted by atomic mass is 19.1. The van der Waals surface area contributed by atoms with E-state index in [0.29, 0.717) is 17.1 Å². The van der Waals surface area contributed by atoms with Crippen LogP contribution in [0.4, 0.5) is 21.5 Å². The first-order valence-electron chi connectivity index (χ1n) is 5.81. The lowest BCUT2D eigenvalue weighted by atomic mass is 10.1. The Bertz CT molecular complexity index is 659. The summed E-state index contributed by atoms with van der Waals surface area (Å²) in [6.45, 7) is 0. The predicted octanol–water partition coefficient (Wildman–Crippen LogP) is 2.26. The van der Waals surface area contributed by atoms with Gasteiger partial charge in [-0.05, 0) is 30.3 Å². The molecule has 0 spiro atoms. The van der Waals surface area contributed by atoms with Gasteiger partial charge in [0.2, 0.25) is 5.91 Å². The van der Waals surface area contributed by atoms with Crippen LogP contribution in [0.3, 0.4) is 0 Å². The van der Waals surface area contributed by atoms with Gasteiger partial charge in [-0.3, -0.25) is 4.79 Å². The molecule has 0 saturated heterocycles. The Kier molecular flexibility index (Phi) is 3.74. The second kappa shape index (κ2) is 5.48. The zero-order valence-corrected chi connectivity index (χ0v) is 10.8. The summed E-state index contributed by atoms with van der Waals surface area (Å²) in [7, 11) is 1.49. The van der Waals surface area contributed by atoms with Crippen molar-refractivity contribution in [1.29, 1.82) is 0 Å². The molecule has 104 valence electrons. The van der Waals surface area contributed by atoms with Crippen LogP contribution in [0.15, 0.2) is 36.4 Å². The first-order valence-corrected chi connectivity index (χ1v) is 5.81. The van der Waals surface area contributed by atoms with Crippen molar-refractivity contribution in [3.63, 3.8) is 0 Å². The summed E-state index contributed by atoms with van der Waals surface area (Å²) >= 11 is 0. The Labute approximate surface area is 115 Å². The molecule has 0 aliphatic rings. The summed E-state index contributed by atoms with van der Waals surface area (Å²) in [5.74, 6) is -0.549. The molecular weight excluding hydrogens is 261 g/mol. The molecule has 0 aromatic heterocycles. The second-order valence-corrected chi connectivity index (χ2v) is 4.14. The van der Waals surface area contributed by atoms with E-state index in [1.165, 1.54) is 43.5 Å². The molecule has 0 aliphatic carbocycles. The lowest BCUT2D eigenvalue weighted by molar-refractivity contribution is 0.100. The molecule has 6 heteroatoms. The third-order valence-corrected chi connectivity index (χ3v) is 2.78. The molecule has 1 amide bonds. The number of ether oxygens (including phenoxy) is 1. The number of hydrogen-bond acceptors (Lipinski definition) is 4. The fourth-order valence-corrected chi connectivity index (χ4v) is 1.69. The van der Waals surface area contributed by atoms with Gasteiger partial charge in [0.15, 0.2) is 0 Å². The van der Waals surface area contributed by atoms with Crippen molar-refractivity contribution in [1.82, 2.24) is 0 Å². The number of carbonyl (C=O) groups is 1. The summed E-state index contributed by atoms with van der Waals surface area (Å²) in [5.41, 5.74) is 12.2. The van der Waals surface area contributed by atoms with Crippen molar-refractivity contribution >= 4 is 23.0 Å². The number of nitrogens with one attached hydrogen (secondary N) is 1. The highest BCUT2D eigenvalue weighted by molar-refractivity contribution is 5.95. The minimum atomic E-state index is -0.584. The van der Waals surface area contributed by atoms with Gasteiger partial charge < -0.3 is 21.5 Å². The molecule has 2 rings (SSSR count). The highest BCUT2D eigenvalue weighted by Crippen LogP contribution is 2.28. The van der Waals surface area contributed by atoms with Gasteiger partial charge in [0.05, 0.1) is 24.2 Å². The fraction of sp³-hybridized carbons (Fsp3) is 0.0714. The number of nitrogen functional groups attached to an aromatic ring is 1. The van der Waals surface area contributed by atoms with Crippen LogP contribution in [-0.4, -0.2) is 13.0 Å². The van der Waals surface area contributed by atoms with Gasteiger partial charge in [-0.2, -0.15) is 0 Å². The number of methoxy groups -OCH3 is 1. The van der Waals surface area contributed by atoms with Gasteiger partial charge in [-0.1, -0.05) is 0 Å². The first kappa shape index (κ1) is 13.7. The summed E-state index contributed by atoms with van der Waals surface area (Å²) in [5, 5.41) is 2.82. The number of benzene rings is 2. The molecule has 0 atom stereocenters. The minimum absolute atomic E-state index is 0.192. The normalized spacial score (nSPS) is 10.1. The number of amides is 1. The third-order valence-electron chi connectivity index (χ3n) is 2.78. The van der Waals surface area contributed by atoms with E-state index in [-0.39, 0.29) is 11.3 Å². The second-order valence-electron chi connectivity index (χ2n) is 4.14. The number of primary amides is 1. The van der Waals surface area contributed by atoms with E-state index in [1.54, 1.807) is 0 Å². The standard InChI is InChI=1S/C14H14FN3O2/c1-20-9-3-4-10(15)12(7-9)18-13-6-8(14(17)19)2-5-11(13)16/h2-7,18H,16H2,1H3,(H2,17,19). The van der Waals surface area contributed by atoms with Crippen LogP contribution in [-0.2, 0) is 0 Å². The van der Waals surface area contributed by atoms with Gasteiger partial charge in [-0.25, -0.2) is 4.39 Å². The predicted molar refractivity (Wildman–Crippen MR) is 75.6 cm³/mol. The first-order chi connectivity index (χ1) is 9.51. The molecule has 0 fully saturated rings. The van der Waals surface area contributed by atoms with Gasteiger partial charge in [-0.15, -0.1) is 0 Å². The molecule has 0 unspecified atom stereocenters. The van der Waals surface area contributed by atoms with Crippen molar-refractivity contribution in [3.05, 3.63) is 47.8 Å². The van der Waals surface area contributed by atoms with Crippen LogP contribution in [0, 0.1) is 5.82 Å². The molecule has 2 aromatic rings. The van der Waals surface area contributed by atoms with E-state index in [2.05, 4.69) is 5.32 Å². The number of anilines is 3. The molecule has 5 N–H and O–H groups in total. The van der Waals surface area contributed by atoms with Crippen LogP contribution in [0.25, 0.3) is 0 Å². The van der Waals surface area contributed by atoms with Crippen molar-refractivity contribution in [3.8, 4) is 5.75 Å². The summed E-state index contributed by atoms with van der Waals surface area (Å²) in [6, 6.07) is 8.77. The van der Waals surface area contributed by atoms with Crippen LogP contribution in [0.5, 0.6) is 5.75 Å². The maximum absolute atomic E-state index is 13.7. The van der Waals surface area contributed by atoms with Gasteiger partial charge in [0.1, 0.15) is 11.6 Å². The van der Waals surface area contributed by atoms with E-state index in [1.807, 2.05) is 0 Å². The third kappa shape index (κ3) is 2.80. The molecule has 5 nitrogen and oxygen atoms in total. The Morgan fingerprint density at radius 3 is 2.60 bits per heavy atom. The Hall–Kier alpha value is -2.76. The summed E-state index contributed by atoms with van der Waals surface area (Å²) in [6.07, 6.45) is 0. The molecule has 0 aliphatic heterocycles. The fourth-order valence-electron chi connectivity index (χ4n) is 1.69. The molecule has 0 heterocycles. The molecular formula is C14H14FN3O2. The molecule has 2 aromatic carbocycles. The summed E-state index contributed by atoms with van der Waals surface area (Å²) < 4.78 is 18.8. The largest absolute Gasteiger partial charge is 0.497 e. The Morgan fingerprint density at radius 1 is 1.20 bits per heavy atom. The van der Waals surface area contributed by atoms with E-state index >= 15 is 0 Å². The zero-order valence-electron chi connectivity index (χ0n) is 10.8. The van der Waals surface area contributed by atoms with Crippen LogP contribution >= 0.6 is 0 Å². The average molecular weight is 275 g/mol. The summed E-state index contributed by atoms with van der Waals surface area (Å²) in [4.78, 5) is 11.1. The lowest BCUT2D eigenvalue weighted by Gasteiger charge is -2.12. The maximum atomic E-state index is 13.7. The van der Waals surface area contributed by atoms with Crippen molar-refractivity contribution in [2.75, 3.05) is 18.2 Å². The van der Waals surface area contributed by atoms with Crippen molar-refractivity contribution < 1.29 is 13.9 Å². The number of rotatable bonds is 4. The number of halogens is 1. The molecule has 0 radical (unpaired) electrons. The van der Waals surface area contributed by atoms with Gasteiger partial charge in [0.25, 0.3) is 0 Å². The monoisotopic (exact) mass is 275 g/mol. The van der Waals surface area contributed by atoms with E-state index < -0.39 is 11.7 Å². The van der Waals surface area contributed by atoms with Crippen molar-refractivity contribution in [2.45, 2.75) is 0 Å². The SMILES string of the molecule is COc1ccc(F)c(Nc2cc(C(N)=O)ccc2N)c1. The van der Waals surface area contributed by atoms with Crippen LogP contribution in [0.1, 0.15) is 10.4 Å². The van der Waals surface area contributed by atoms with E-state index in [9.17, 15) is 9.18 Å². The van der Waals surface area contributed by atoms with E-state index in [0.717, 1.165) is 0 Å². The van der Waals surface area contributed by atoms with E-state index in [4.69, 9.17) is 16.2 Å². The van der Waals surface area contributed by atoms with Gasteiger partial charge in [0, 0.05) is 11.6 Å². The molecule has 20 heavy (non-hydrogen) atoms. The topological polar surface area (TPSA) is 90.4 Å². The molecule has 0 saturated carbocycles. The smallest absolute Gasteiger partial charge is 0.248 e. The van der Waals surface area contributed by atoms with Crippen LogP contribution < -0.4 is 21.5 Å². The number of carbonyl (C=O) groups excluding carboxylic acids is 1. The number of hydrogen-bond donors (Lipinski definition) is 3. The quantitative estimate of drug-likeness (QED) is 0.746. The Morgan fingerprint density at radius 2 is 1.95 bits per heavy atom. The molecule has 0 bridgehead atoms. The van der Waals surface area contributed by atoms with Crippen molar-refractivity contribution in [2.24, 2.45) is 5.73 Å². The maximum Gasteiger partial charge on any atom is 0.248 e. The highest BCUT2D eigenvalue weighted by Gasteiger charge is 2.09. The van der Waals surface area contributed by atoms with Gasteiger partial charge >= 0.3 is 0 Å².